The van der Waals surface area contributed by atoms with Gasteiger partial charge in [0.05, 0.1) is 6.61 Å². The molecule has 4 rings (SSSR count). The van der Waals surface area contributed by atoms with E-state index in [1.807, 2.05) is 36.4 Å². The quantitative estimate of drug-likeness (QED) is 0.518. The van der Waals surface area contributed by atoms with Crippen LogP contribution in [0.15, 0.2) is 90.3 Å². The van der Waals surface area contributed by atoms with Crippen molar-refractivity contribution in [3.63, 3.8) is 0 Å². The number of allylic oxidation sites excluding steroid dienone is 1. The average molecular weight is 412 g/mol. The van der Waals surface area contributed by atoms with Crippen molar-refractivity contribution in [3.05, 3.63) is 109 Å². The fraction of sp³-hybridized carbons (Fsp3) is 0.182. The molecule has 0 bridgehead atoms. The van der Waals surface area contributed by atoms with Crippen LogP contribution < -0.4 is 0 Å². The second-order valence-corrected chi connectivity index (χ2v) is 5.84. The monoisotopic (exact) mass is 410 g/mol. The van der Waals surface area contributed by atoms with Crippen LogP contribution in [0.5, 0.6) is 0 Å². The summed E-state index contributed by atoms with van der Waals surface area (Å²) in [4.78, 5) is 4.60. The number of hydrogen-bond acceptors (Lipinski definition) is 3. The van der Waals surface area contributed by atoms with Crippen molar-refractivity contribution in [2.45, 2.75) is 12.1 Å². The van der Waals surface area contributed by atoms with E-state index in [4.69, 9.17) is 9.47 Å². The molecule has 2 aliphatic rings. The van der Waals surface area contributed by atoms with Gasteiger partial charge in [-0.2, -0.15) is 0 Å². The smallest absolute Gasteiger partial charge is 0.645 e. The van der Waals surface area contributed by atoms with E-state index in [0.717, 1.165) is 11.1 Å². The molecule has 0 saturated carbocycles. The largest absolute Gasteiger partial charge is 2.00 e. The van der Waals surface area contributed by atoms with Crippen molar-refractivity contribution < 1.29 is 29.0 Å². The third-order valence-electron chi connectivity index (χ3n) is 3.96. The summed E-state index contributed by atoms with van der Waals surface area (Å²) < 4.78 is 11.3. The molecule has 2 atom stereocenters. The average Bonchev–Trinajstić information content (AvgIpc) is 3.34. The maximum Gasteiger partial charge on any atom is 2.00 e. The SMILES string of the molecule is C(/C1=N[C@H](c2ccccc2)CO1)=C1/[N-][C@H](c2ccccc2)CO1.C=C[CH2-].[Zn+2]. The van der Waals surface area contributed by atoms with E-state index >= 15 is 0 Å². The number of nitrogens with zero attached hydrogens (tertiary/aromatic N) is 2. The predicted octanol–water partition coefficient (Wildman–Crippen LogP) is 5.15. The maximum atomic E-state index is 5.66. The standard InChI is InChI=1S/C19H17N2O2.C3H5.Zn/c1-3-7-14(8-4-1)16-12-22-18(20-16)11-19-21-17(13-23-19)15-9-5-2-6-10-15;1-3-2;/h1-11,16-17H,12-13H2;3H,1-2H2;/q2*-1;+2/b18-11+;;/t16-,17-;;/m0../s1. The summed E-state index contributed by atoms with van der Waals surface area (Å²) in [6.07, 6.45) is 3.28. The molecule has 4 nitrogen and oxygen atoms in total. The Morgan fingerprint density at radius 1 is 0.963 bits per heavy atom. The summed E-state index contributed by atoms with van der Waals surface area (Å²) in [5.74, 6) is 1.18. The molecule has 2 aromatic rings. The Kier molecular flexibility index (Phi) is 8.15. The molecule has 0 aromatic heterocycles. The Morgan fingerprint density at radius 2 is 1.56 bits per heavy atom. The van der Waals surface area contributed by atoms with Crippen LogP contribution in [0.3, 0.4) is 0 Å². The van der Waals surface area contributed by atoms with E-state index in [1.54, 1.807) is 6.08 Å². The van der Waals surface area contributed by atoms with Gasteiger partial charge in [0, 0.05) is 12.0 Å². The third-order valence-corrected chi connectivity index (χ3v) is 3.96. The minimum absolute atomic E-state index is 0. The Labute approximate surface area is 173 Å². The molecule has 0 unspecified atom stereocenters. The Hall–Kier alpha value is -2.52. The summed E-state index contributed by atoms with van der Waals surface area (Å²) in [6, 6.07) is 20.4. The third kappa shape index (κ3) is 5.73. The zero-order chi connectivity index (χ0) is 18.2. The van der Waals surface area contributed by atoms with E-state index < -0.39 is 0 Å². The Bertz CT molecular complexity index is 775. The van der Waals surface area contributed by atoms with Gasteiger partial charge in [-0.25, -0.2) is 24.6 Å². The number of aliphatic imine (C=N–C) groups is 1. The first-order valence-electron chi connectivity index (χ1n) is 8.56. The molecule has 1 fully saturated rings. The molecule has 0 radical (unpaired) electrons. The fourth-order valence-corrected chi connectivity index (χ4v) is 2.74. The molecule has 5 heteroatoms. The van der Waals surface area contributed by atoms with E-state index in [0.29, 0.717) is 25.0 Å². The minimum atomic E-state index is 0. The van der Waals surface area contributed by atoms with E-state index in [1.165, 1.54) is 6.08 Å². The first-order valence-corrected chi connectivity index (χ1v) is 8.56. The van der Waals surface area contributed by atoms with Crippen molar-refractivity contribution in [2.75, 3.05) is 13.2 Å². The molecule has 0 spiro atoms. The topological polar surface area (TPSA) is 44.9 Å². The summed E-state index contributed by atoms with van der Waals surface area (Å²) in [5, 5.41) is 4.60. The van der Waals surface area contributed by atoms with Crippen molar-refractivity contribution in [2.24, 2.45) is 4.99 Å². The molecule has 2 heterocycles. The van der Waals surface area contributed by atoms with Crippen molar-refractivity contribution >= 4 is 5.90 Å². The van der Waals surface area contributed by atoms with Gasteiger partial charge in [-0.05, 0) is 5.56 Å². The van der Waals surface area contributed by atoms with Crippen LogP contribution in [0.25, 0.3) is 5.32 Å². The molecular weight excluding hydrogens is 390 g/mol. The number of hydrogen-bond donors (Lipinski definition) is 0. The second-order valence-electron chi connectivity index (χ2n) is 5.84. The van der Waals surface area contributed by atoms with Gasteiger partial charge in [-0.15, -0.1) is 0 Å². The second kappa shape index (κ2) is 10.6. The summed E-state index contributed by atoms with van der Waals surface area (Å²) in [5.41, 5.74) is 2.32. The first kappa shape index (κ1) is 20.8. The van der Waals surface area contributed by atoms with Gasteiger partial charge >= 0.3 is 19.5 Å². The van der Waals surface area contributed by atoms with Gasteiger partial charge in [0.25, 0.3) is 0 Å². The number of benzene rings is 2. The minimum Gasteiger partial charge on any atom is -0.645 e. The maximum absolute atomic E-state index is 5.66. The van der Waals surface area contributed by atoms with Gasteiger partial charge in [-0.3, -0.25) is 0 Å². The Balaban J connectivity index is 0.000000614. The molecule has 1 saturated heterocycles. The van der Waals surface area contributed by atoms with Crippen molar-refractivity contribution in [3.8, 4) is 0 Å². The normalized spacial score (nSPS) is 21.5. The number of rotatable bonds is 3. The van der Waals surface area contributed by atoms with Gasteiger partial charge in [0.15, 0.2) is 0 Å². The zero-order valence-electron chi connectivity index (χ0n) is 15.3. The molecule has 0 aliphatic carbocycles. The summed E-state index contributed by atoms with van der Waals surface area (Å²) >= 11 is 0. The molecule has 2 aromatic carbocycles. The van der Waals surface area contributed by atoms with Crippen molar-refractivity contribution in [1.82, 2.24) is 0 Å². The van der Waals surface area contributed by atoms with Gasteiger partial charge in [0.1, 0.15) is 12.6 Å². The zero-order valence-corrected chi connectivity index (χ0v) is 18.3. The molecular formula is C22H22N2O2Zn. The van der Waals surface area contributed by atoms with E-state index in [-0.39, 0.29) is 31.6 Å². The molecule has 134 valence electrons. The first-order chi connectivity index (χ1) is 12.8. The van der Waals surface area contributed by atoms with Crippen molar-refractivity contribution in [1.29, 1.82) is 0 Å². The molecule has 27 heavy (non-hydrogen) atoms. The van der Waals surface area contributed by atoms with Crippen LogP contribution >= 0.6 is 0 Å². The van der Waals surface area contributed by atoms with Gasteiger partial charge in [-0.1, -0.05) is 72.3 Å². The fourth-order valence-electron chi connectivity index (χ4n) is 2.74. The molecule has 2 aliphatic heterocycles. The van der Waals surface area contributed by atoms with Crippen LogP contribution in [0.4, 0.5) is 0 Å². The Morgan fingerprint density at radius 3 is 2.19 bits per heavy atom. The van der Waals surface area contributed by atoms with Crippen LogP contribution in [-0.4, -0.2) is 19.1 Å². The predicted molar refractivity (Wildman–Crippen MR) is 105 cm³/mol. The molecule has 0 amide bonds. The van der Waals surface area contributed by atoms with Gasteiger partial charge in [0.2, 0.25) is 5.90 Å². The van der Waals surface area contributed by atoms with Crippen LogP contribution in [0, 0.1) is 6.92 Å². The van der Waals surface area contributed by atoms with Crippen LogP contribution in [0.2, 0.25) is 0 Å². The van der Waals surface area contributed by atoms with Crippen LogP contribution in [0.1, 0.15) is 23.2 Å². The van der Waals surface area contributed by atoms with E-state index in [2.05, 4.69) is 48.1 Å². The molecule has 0 N–H and O–H groups in total. The van der Waals surface area contributed by atoms with E-state index in [9.17, 15) is 0 Å². The summed E-state index contributed by atoms with van der Waals surface area (Å²) in [7, 11) is 0. The number of ether oxygens (including phenoxy) is 2. The van der Waals surface area contributed by atoms with Gasteiger partial charge < -0.3 is 14.8 Å². The summed E-state index contributed by atoms with van der Waals surface area (Å²) in [6.45, 7) is 7.62. The van der Waals surface area contributed by atoms with Crippen LogP contribution in [-0.2, 0) is 29.0 Å².